The molecule has 2 atom stereocenters. The maximum absolute atomic E-state index is 12.5. The van der Waals surface area contributed by atoms with Crippen LogP contribution in [0.2, 0.25) is 0 Å². The van der Waals surface area contributed by atoms with Crippen LogP contribution in [0.25, 0.3) is 0 Å². The third-order valence-corrected chi connectivity index (χ3v) is 13.9. The second kappa shape index (κ2) is 33.6. The first-order chi connectivity index (χ1) is 38.4. The molecule has 27 nitrogen and oxygen atoms in total. The van der Waals surface area contributed by atoms with E-state index in [0.29, 0.717) is 25.8 Å². The zero-order valence-electron chi connectivity index (χ0n) is 45.8. The molecule has 29 heteroatoms. The first-order valence-electron chi connectivity index (χ1n) is 26.7. The number of nitrogens with zero attached hydrogens (tertiary/aromatic N) is 10. The molecule has 0 saturated carbocycles. The molecule has 443 valence electrons. The van der Waals surface area contributed by atoms with Crippen LogP contribution in [-0.4, -0.2) is 165 Å². The zero-order valence-corrected chi connectivity index (χ0v) is 46.6. The number of aromatic nitrogens is 4. The number of nitro groups is 2. The fourth-order valence-electron chi connectivity index (χ4n) is 9.40. The number of carbonyl (C=O) groups excluding carboxylic acids is 2. The van der Waals surface area contributed by atoms with Crippen molar-refractivity contribution in [3.05, 3.63) is 91.0 Å². The predicted octanol–water partition coefficient (Wildman–Crippen LogP) is 4.94. The molecule has 8 rings (SSSR count). The van der Waals surface area contributed by atoms with E-state index in [9.17, 15) is 38.2 Å². The van der Waals surface area contributed by atoms with Gasteiger partial charge in [0.25, 0.3) is 5.16 Å². The number of ether oxygens (including phenoxy) is 4. The number of likely N-dealkylation sites (tertiary alicyclic amines) is 2. The number of rotatable bonds is 23. The Morgan fingerprint density at radius 1 is 0.728 bits per heavy atom. The normalized spacial score (nSPS) is 16.7. The van der Waals surface area contributed by atoms with Gasteiger partial charge in [-0.2, -0.15) is 19.9 Å². The minimum atomic E-state index is -3.93. The van der Waals surface area contributed by atoms with Crippen molar-refractivity contribution in [2.24, 2.45) is 5.73 Å². The Balaban J connectivity index is 0.000000299. The third-order valence-electron chi connectivity index (χ3n) is 13.0. The second-order valence-corrected chi connectivity index (χ2v) is 21.2. The number of anilines is 5. The third kappa shape index (κ3) is 21.1. The van der Waals surface area contributed by atoms with Gasteiger partial charge < -0.3 is 51.3 Å². The van der Waals surface area contributed by atoms with Gasteiger partial charge in [0.1, 0.15) is 13.1 Å². The maximum atomic E-state index is 12.5. The van der Waals surface area contributed by atoms with Crippen molar-refractivity contribution in [1.82, 2.24) is 29.7 Å². The molecule has 2 aromatic heterocycles. The van der Waals surface area contributed by atoms with Gasteiger partial charge in [-0.25, -0.2) is 8.42 Å². The van der Waals surface area contributed by atoms with Crippen molar-refractivity contribution in [2.45, 2.75) is 116 Å². The Labute approximate surface area is 474 Å². The van der Waals surface area contributed by atoms with Crippen LogP contribution in [0, 0.1) is 25.5 Å². The van der Waals surface area contributed by atoms with E-state index in [-0.39, 0.29) is 69.8 Å². The molecule has 0 aliphatic carbocycles. The van der Waals surface area contributed by atoms with Crippen LogP contribution in [-0.2, 0) is 64.6 Å². The number of nitrogens with two attached hydrogens (primary N) is 3. The van der Waals surface area contributed by atoms with E-state index in [0.717, 1.165) is 106 Å². The van der Waals surface area contributed by atoms with Gasteiger partial charge in [-0.3, -0.25) is 39.6 Å². The topological polar surface area (TPSA) is 370 Å². The molecule has 4 saturated heterocycles. The fourth-order valence-corrected chi connectivity index (χ4v) is 9.92. The molecule has 0 bridgehead atoms. The first-order valence-corrected chi connectivity index (χ1v) is 28.5. The molecule has 4 aliphatic rings. The van der Waals surface area contributed by atoms with Crippen molar-refractivity contribution in [3.8, 4) is 0 Å². The number of esters is 2. The molecule has 81 heavy (non-hydrogen) atoms. The zero-order chi connectivity index (χ0) is 58.2. The molecule has 2 unspecified atom stereocenters. The van der Waals surface area contributed by atoms with E-state index in [4.69, 9.17) is 41.5 Å². The van der Waals surface area contributed by atoms with Crippen LogP contribution in [0.5, 0.6) is 0 Å². The summed E-state index contributed by atoms with van der Waals surface area (Å²) in [5.74, 6) is -2.31. The molecular weight excluding hydrogens is 1070 g/mol. The molecule has 0 amide bonds. The molecular formula is C52H79BN15O12S. The van der Waals surface area contributed by atoms with E-state index in [2.05, 4.69) is 54.8 Å². The average molecular weight is 1150 g/mol. The van der Waals surface area contributed by atoms with Crippen LogP contribution in [0.15, 0.2) is 53.7 Å². The Hall–Kier alpha value is -7.05. The summed E-state index contributed by atoms with van der Waals surface area (Å²) >= 11 is 0. The number of nitrogen functional groups attached to an aromatic ring is 2. The number of nitrogens with one attached hydrogen (secondary N) is 2. The van der Waals surface area contributed by atoms with Gasteiger partial charge in [0.2, 0.25) is 39.1 Å². The molecule has 2 aromatic carbocycles. The van der Waals surface area contributed by atoms with E-state index in [1.807, 2.05) is 36.4 Å². The fraction of sp³-hybridized carbons (Fsp3) is 0.577. The molecule has 0 spiro atoms. The Morgan fingerprint density at radius 3 is 1.56 bits per heavy atom. The van der Waals surface area contributed by atoms with Crippen LogP contribution in [0.4, 0.5) is 40.6 Å². The van der Waals surface area contributed by atoms with Crippen molar-refractivity contribution in [3.63, 3.8) is 0 Å². The second-order valence-electron chi connectivity index (χ2n) is 19.3. The summed E-state index contributed by atoms with van der Waals surface area (Å²) in [5, 5.41) is 31.4. The van der Waals surface area contributed by atoms with Crippen molar-refractivity contribution >= 4 is 70.0 Å². The van der Waals surface area contributed by atoms with Gasteiger partial charge >= 0.3 is 36.3 Å². The van der Waals surface area contributed by atoms with Crippen LogP contribution < -0.4 is 32.3 Å². The molecule has 4 fully saturated rings. The summed E-state index contributed by atoms with van der Waals surface area (Å²) in [4.78, 5) is 70.8. The predicted molar refractivity (Wildman–Crippen MR) is 307 cm³/mol. The summed E-state index contributed by atoms with van der Waals surface area (Å²) in [6, 6.07) is 15.6. The van der Waals surface area contributed by atoms with Crippen molar-refractivity contribution < 1.29 is 46.8 Å². The quantitative estimate of drug-likeness (QED) is 0.0216. The van der Waals surface area contributed by atoms with E-state index >= 15 is 0 Å². The SMILES string of the molecule is C.CCOC(=O)CN(Cc1cccc(CN2CCCC2)c1)c1nc(NCC2CCCO2)nc(N)c1[N+](=O)[O-].CCOC(=O)CN(Cc1cccc(CN2CCCC2)c1)c1nc(S(C)(=O)=O)nc(N)c1[N+](=O)[O-].NCC1CCCO1.[B]=N. The number of hydrogen-bond acceptors (Lipinski definition) is 25. The number of hydrogen-bond donors (Lipinski definition) is 5. The average Bonchev–Trinajstić information content (AvgIpc) is 4.31. The van der Waals surface area contributed by atoms with Gasteiger partial charge in [-0.15, -0.1) is 0 Å². The Kier molecular flexibility index (Phi) is 27.6. The van der Waals surface area contributed by atoms with Crippen LogP contribution in [0.3, 0.4) is 0 Å². The van der Waals surface area contributed by atoms with Gasteiger partial charge in [-0.05, 0) is 114 Å². The molecule has 4 aliphatic heterocycles. The van der Waals surface area contributed by atoms with Gasteiger partial charge in [0.05, 0.1) is 35.3 Å². The van der Waals surface area contributed by atoms with E-state index in [1.54, 1.807) is 13.8 Å². The van der Waals surface area contributed by atoms with Gasteiger partial charge in [0.15, 0.2) is 0 Å². The summed E-state index contributed by atoms with van der Waals surface area (Å²) < 4.78 is 45.1. The summed E-state index contributed by atoms with van der Waals surface area (Å²) in [5.41, 5.74) is 19.8. The molecule has 6 heterocycles. The van der Waals surface area contributed by atoms with Crippen LogP contribution >= 0.6 is 0 Å². The summed E-state index contributed by atoms with van der Waals surface area (Å²) in [7, 11) is -0.179. The Morgan fingerprint density at radius 2 is 1.16 bits per heavy atom. The van der Waals surface area contributed by atoms with Crippen molar-refractivity contribution in [2.75, 3.05) is 112 Å². The molecule has 4 aromatic rings. The summed E-state index contributed by atoms with van der Waals surface area (Å²) in [6.45, 7) is 11.8. The molecule has 8 N–H and O–H groups in total. The number of sulfone groups is 1. The van der Waals surface area contributed by atoms with E-state index in [1.165, 1.54) is 29.1 Å². The van der Waals surface area contributed by atoms with E-state index < -0.39 is 60.5 Å². The van der Waals surface area contributed by atoms with Gasteiger partial charge in [0, 0.05) is 58.7 Å². The van der Waals surface area contributed by atoms with Crippen LogP contribution in [0.1, 0.15) is 94.9 Å². The number of carbonyl (C=O) groups is 2. The van der Waals surface area contributed by atoms with Gasteiger partial charge in [-0.1, -0.05) is 56.0 Å². The molecule has 1 radical (unpaired) electrons. The summed E-state index contributed by atoms with van der Waals surface area (Å²) in [6.07, 6.45) is 10.2. The standard InChI is InChI=1S/C25H35N7O5.C21H28N6O6S.C5H11NO.CH4.BHN/c1-2-36-21(33)17-31(16-19-8-5-7-18(13-19)15-30-10-3-4-11-30)24-22(32(34)35)23(26)28-25(29-24)27-14-20-9-6-12-37-20;1-3-33-17(28)14-26(13-16-8-6-7-15(11-16)12-25-9-4-5-10-25)20-18(27(29)30)19(22)23-21(24-20)34(2,31)32;6-4-5-2-1-3-7-5;;1-2/h5,7-8,13,20H,2-4,6,9-12,14-17H2,1H3,(H3,26,27,28,29);6-8,11H,3-5,9-10,12-14H2,1-2H3,(H2,22,23,24);5H,1-4,6H2;1H4;2H. The Bertz CT molecular complexity index is 2780. The number of benzene rings is 2. The minimum absolute atomic E-state index is 0. The van der Waals surface area contributed by atoms with Crippen molar-refractivity contribution in [1.29, 1.82) is 5.31 Å². The first kappa shape index (κ1) is 66.5. The monoisotopic (exact) mass is 1150 g/mol.